The molecule has 2 N–H and O–H groups in total. The molecule has 2 fully saturated rings. The number of hydrogen-bond donors (Lipinski definition) is 2. The van der Waals surface area contributed by atoms with Gasteiger partial charge in [0.15, 0.2) is 0 Å². The van der Waals surface area contributed by atoms with Gasteiger partial charge in [0.05, 0.1) is 11.8 Å². The Hall–Kier alpha value is -3.43. The number of methoxy groups -OCH3 is 1. The van der Waals surface area contributed by atoms with Crippen molar-refractivity contribution in [3.05, 3.63) is 65.1 Å². The molecule has 2 aromatic carbocycles. The average Bonchev–Trinajstić information content (AvgIpc) is 3.40. The third-order valence-corrected chi connectivity index (χ3v) is 6.62. The van der Waals surface area contributed by atoms with E-state index in [0.29, 0.717) is 34.3 Å². The van der Waals surface area contributed by atoms with Crippen LogP contribution in [0.2, 0.25) is 5.02 Å². The molecule has 5 rings (SSSR count). The first-order valence-corrected chi connectivity index (χ1v) is 11.7. The normalized spacial score (nSPS) is 19.6. The third kappa shape index (κ3) is 5.01. The van der Waals surface area contributed by atoms with Crippen LogP contribution in [-0.4, -0.2) is 47.8 Å². The number of nitrogens with one attached hydrogen (secondary N) is 2. The summed E-state index contributed by atoms with van der Waals surface area (Å²) in [5, 5.41) is 9.95. The Kier molecular flexibility index (Phi) is 6.44. The lowest BCUT2D eigenvalue weighted by atomic mass is 10.0. The molecule has 2 aliphatic rings. The van der Waals surface area contributed by atoms with E-state index in [9.17, 15) is 14.0 Å². The van der Waals surface area contributed by atoms with E-state index in [2.05, 4.69) is 15.8 Å². The summed E-state index contributed by atoms with van der Waals surface area (Å²) < 4.78 is 25.5. The summed E-state index contributed by atoms with van der Waals surface area (Å²) >= 11 is 5.90. The van der Waals surface area contributed by atoms with E-state index in [-0.39, 0.29) is 18.3 Å². The molecule has 0 bridgehead atoms. The van der Waals surface area contributed by atoms with Crippen LogP contribution in [0.15, 0.2) is 53.3 Å². The fourth-order valence-corrected chi connectivity index (χ4v) is 4.42. The zero-order chi connectivity index (χ0) is 24.5. The van der Waals surface area contributed by atoms with Crippen molar-refractivity contribution < 1.29 is 23.2 Å². The molecule has 182 valence electrons. The summed E-state index contributed by atoms with van der Waals surface area (Å²) in [6, 6.07) is 9.88. The van der Waals surface area contributed by atoms with Crippen LogP contribution in [0.1, 0.15) is 30.7 Å². The molecule has 1 aromatic heterocycles. The molecule has 2 heterocycles. The number of hydrogen-bond acceptors (Lipinski definition) is 5. The van der Waals surface area contributed by atoms with Crippen LogP contribution >= 0.6 is 11.6 Å². The van der Waals surface area contributed by atoms with Gasteiger partial charge in [0, 0.05) is 41.9 Å². The molecule has 1 saturated carbocycles. The number of likely N-dealkylation sites (tertiary alicyclic amines) is 1. The summed E-state index contributed by atoms with van der Waals surface area (Å²) in [6.07, 6.45) is 3.71. The topological polar surface area (TPSA) is 96.7 Å². The van der Waals surface area contributed by atoms with E-state index in [1.54, 1.807) is 36.6 Å². The van der Waals surface area contributed by atoms with Gasteiger partial charge in [-0.2, -0.15) is 0 Å². The van der Waals surface area contributed by atoms with Crippen molar-refractivity contribution in [1.82, 2.24) is 10.1 Å². The first kappa shape index (κ1) is 23.3. The number of benzene rings is 2. The van der Waals surface area contributed by atoms with E-state index in [0.717, 1.165) is 18.4 Å². The molecule has 3 amide bonds. The van der Waals surface area contributed by atoms with Gasteiger partial charge in [-0.15, -0.1) is 0 Å². The summed E-state index contributed by atoms with van der Waals surface area (Å²) in [6.45, 7) is 0.228. The number of anilines is 2. The maximum atomic E-state index is 15.0. The Balaban J connectivity index is 1.30. The first-order chi connectivity index (χ1) is 16.9. The molecule has 8 nitrogen and oxygen atoms in total. The molecular weight excluding hydrogens is 475 g/mol. The number of amides is 3. The highest BCUT2D eigenvalue weighted by Crippen LogP contribution is 2.44. The number of halogens is 2. The quantitative estimate of drug-likeness (QED) is 0.482. The second kappa shape index (κ2) is 9.67. The molecule has 10 heteroatoms. The summed E-state index contributed by atoms with van der Waals surface area (Å²) in [4.78, 5) is 27.4. The van der Waals surface area contributed by atoms with E-state index >= 15 is 0 Å². The van der Waals surface area contributed by atoms with Crippen LogP contribution < -0.4 is 10.6 Å². The Morgan fingerprint density at radius 1 is 1.17 bits per heavy atom. The average molecular weight is 499 g/mol. The van der Waals surface area contributed by atoms with Gasteiger partial charge in [-0.05, 0) is 55.2 Å². The molecule has 1 aliphatic heterocycles. The van der Waals surface area contributed by atoms with Crippen LogP contribution in [0.4, 0.5) is 20.6 Å². The number of rotatable bonds is 6. The molecule has 3 aromatic rings. The Bertz CT molecular complexity index is 1240. The van der Waals surface area contributed by atoms with Gasteiger partial charge >= 0.3 is 6.03 Å². The maximum Gasteiger partial charge on any atom is 0.322 e. The second-order valence-corrected chi connectivity index (χ2v) is 9.21. The number of aromatic nitrogens is 1. The number of urea groups is 1. The highest BCUT2D eigenvalue weighted by molar-refractivity contribution is 6.30. The molecule has 0 unspecified atom stereocenters. The lowest BCUT2D eigenvalue weighted by Gasteiger charge is -2.24. The first-order valence-electron chi connectivity index (χ1n) is 11.3. The molecule has 0 spiro atoms. The van der Waals surface area contributed by atoms with Crippen LogP contribution in [0, 0.1) is 5.82 Å². The van der Waals surface area contributed by atoms with Gasteiger partial charge in [-0.25, -0.2) is 9.18 Å². The molecular formula is C25H24ClFN4O4. The van der Waals surface area contributed by atoms with Crippen molar-refractivity contribution in [3.8, 4) is 11.3 Å². The number of ether oxygens (including phenoxy) is 1. The largest absolute Gasteiger partial charge is 0.380 e. The van der Waals surface area contributed by atoms with Gasteiger partial charge in [0.2, 0.25) is 5.91 Å². The number of carbonyl (C=O) groups is 2. The SMILES string of the molecule is CO[C@@H]1C[C@H](C(=O)Nc2ccc(-c3nocc3C3CC3)cc2F)N(C(=O)Nc2ccc(Cl)cc2)C1. The highest BCUT2D eigenvalue weighted by atomic mass is 35.5. The Morgan fingerprint density at radius 3 is 2.63 bits per heavy atom. The smallest absolute Gasteiger partial charge is 0.322 e. The van der Waals surface area contributed by atoms with Crippen LogP contribution in [0.5, 0.6) is 0 Å². The number of nitrogens with zero attached hydrogens (tertiary/aromatic N) is 2. The van der Waals surface area contributed by atoms with E-state index in [4.69, 9.17) is 20.9 Å². The lowest BCUT2D eigenvalue weighted by Crippen LogP contribution is -2.45. The van der Waals surface area contributed by atoms with E-state index < -0.39 is 23.8 Å². The third-order valence-electron chi connectivity index (χ3n) is 6.37. The van der Waals surface area contributed by atoms with Crippen LogP contribution in [0.25, 0.3) is 11.3 Å². The Labute approximate surface area is 206 Å². The standard InChI is InChI=1S/C25H24ClFN4O4/c1-34-18-11-22(31(12-18)25(33)28-17-7-5-16(26)6-8-17)24(32)29-21-9-4-15(10-20(21)27)23-19(13-35-30-23)14-2-3-14/h4-10,13-14,18,22H,2-3,11-12H2,1H3,(H,28,33)(H,29,32)/t18-,22-/m1/s1. The predicted octanol–water partition coefficient (Wildman–Crippen LogP) is 5.27. The zero-order valence-electron chi connectivity index (χ0n) is 19.0. The minimum atomic E-state index is -0.830. The monoisotopic (exact) mass is 498 g/mol. The fourth-order valence-electron chi connectivity index (χ4n) is 4.30. The Morgan fingerprint density at radius 2 is 1.94 bits per heavy atom. The van der Waals surface area contributed by atoms with Crippen LogP contribution in [0.3, 0.4) is 0 Å². The molecule has 2 atom stereocenters. The maximum absolute atomic E-state index is 15.0. The summed E-state index contributed by atoms with van der Waals surface area (Å²) in [5.41, 5.74) is 2.74. The zero-order valence-corrected chi connectivity index (χ0v) is 19.7. The van der Waals surface area contributed by atoms with Gasteiger partial charge in [0.1, 0.15) is 23.8 Å². The minimum Gasteiger partial charge on any atom is -0.380 e. The molecule has 1 aliphatic carbocycles. The van der Waals surface area contributed by atoms with Crippen molar-refractivity contribution in [3.63, 3.8) is 0 Å². The summed E-state index contributed by atoms with van der Waals surface area (Å²) in [5.74, 6) is -0.693. The summed E-state index contributed by atoms with van der Waals surface area (Å²) in [7, 11) is 1.53. The van der Waals surface area contributed by atoms with Crippen molar-refractivity contribution in [1.29, 1.82) is 0 Å². The molecule has 0 radical (unpaired) electrons. The molecule has 1 saturated heterocycles. The van der Waals surface area contributed by atoms with Crippen LogP contribution in [-0.2, 0) is 9.53 Å². The van der Waals surface area contributed by atoms with Crippen molar-refractivity contribution in [2.24, 2.45) is 0 Å². The predicted molar refractivity (Wildman–Crippen MR) is 129 cm³/mol. The van der Waals surface area contributed by atoms with Gasteiger partial charge in [0.25, 0.3) is 0 Å². The van der Waals surface area contributed by atoms with Crippen molar-refractivity contribution in [2.45, 2.75) is 37.3 Å². The second-order valence-electron chi connectivity index (χ2n) is 8.78. The van der Waals surface area contributed by atoms with Gasteiger partial charge in [-0.3, -0.25) is 4.79 Å². The molecule has 35 heavy (non-hydrogen) atoms. The van der Waals surface area contributed by atoms with Gasteiger partial charge < -0.3 is 24.8 Å². The van der Waals surface area contributed by atoms with E-state index in [1.807, 2.05) is 0 Å². The highest BCUT2D eigenvalue weighted by Gasteiger charge is 2.40. The van der Waals surface area contributed by atoms with Crippen molar-refractivity contribution in [2.75, 3.05) is 24.3 Å². The van der Waals surface area contributed by atoms with Gasteiger partial charge in [-0.1, -0.05) is 22.8 Å². The van der Waals surface area contributed by atoms with E-state index in [1.165, 1.54) is 24.1 Å². The van der Waals surface area contributed by atoms with Crippen molar-refractivity contribution >= 4 is 34.9 Å². The number of carbonyl (C=O) groups excluding carboxylic acids is 2. The fraction of sp³-hybridized carbons (Fsp3) is 0.320. The lowest BCUT2D eigenvalue weighted by molar-refractivity contribution is -0.119. The minimum absolute atomic E-state index is 0.0224.